The highest BCUT2D eigenvalue weighted by atomic mass is 16.2. The summed E-state index contributed by atoms with van der Waals surface area (Å²) in [5, 5.41) is 3.33. The monoisotopic (exact) mass is 441 g/mol. The van der Waals surface area contributed by atoms with Crippen LogP contribution in [-0.2, 0) is 0 Å². The number of carbonyl (C=O) groups is 1. The molecular weight excluding hydrogens is 410 g/mol. The van der Waals surface area contributed by atoms with Crippen LogP contribution >= 0.6 is 0 Å². The van der Waals surface area contributed by atoms with Crippen molar-refractivity contribution in [3.63, 3.8) is 0 Å². The molecule has 1 amide bonds. The molecule has 2 aromatic carbocycles. The third kappa shape index (κ3) is 5.22. The third-order valence-corrected chi connectivity index (χ3v) is 6.78. The van der Waals surface area contributed by atoms with Crippen LogP contribution in [-0.4, -0.2) is 57.9 Å². The fourth-order valence-electron chi connectivity index (χ4n) is 4.97. The highest BCUT2D eigenvalue weighted by molar-refractivity contribution is 5.95. The van der Waals surface area contributed by atoms with Gasteiger partial charge in [-0.3, -0.25) is 4.79 Å². The molecule has 0 spiro atoms. The smallest absolute Gasteiger partial charge is 0.253 e. The first kappa shape index (κ1) is 21.6. The zero-order valence-electron chi connectivity index (χ0n) is 19.0. The molecule has 0 radical (unpaired) electrons. The molecule has 1 aromatic heterocycles. The Kier molecular flexibility index (Phi) is 6.63. The zero-order chi connectivity index (χ0) is 22.5. The summed E-state index contributed by atoms with van der Waals surface area (Å²) in [7, 11) is 0. The van der Waals surface area contributed by atoms with E-state index in [-0.39, 0.29) is 5.91 Å². The maximum Gasteiger partial charge on any atom is 0.253 e. The first-order valence-corrected chi connectivity index (χ1v) is 12.0. The summed E-state index contributed by atoms with van der Waals surface area (Å²) in [6.45, 7) is 4.12. The Labute approximate surface area is 195 Å². The van der Waals surface area contributed by atoms with Gasteiger partial charge in [0.05, 0.1) is 5.69 Å². The minimum Gasteiger partial charge on any atom is -0.340 e. The van der Waals surface area contributed by atoms with Gasteiger partial charge in [-0.25, -0.2) is 9.97 Å². The minimum atomic E-state index is 0.114. The Morgan fingerprint density at radius 3 is 2.42 bits per heavy atom. The number of hydrogen-bond donors (Lipinski definition) is 1. The Balaban J connectivity index is 1.23. The summed E-state index contributed by atoms with van der Waals surface area (Å²) >= 11 is 0. The zero-order valence-corrected chi connectivity index (χ0v) is 19.0. The van der Waals surface area contributed by atoms with Crippen molar-refractivity contribution in [2.24, 2.45) is 0 Å². The normalized spacial score (nSPS) is 17.6. The molecule has 2 aliphatic rings. The van der Waals surface area contributed by atoms with Crippen molar-refractivity contribution in [3.05, 3.63) is 72.6 Å². The van der Waals surface area contributed by atoms with Crippen molar-refractivity contribution in [1.82, 2.24) is 19.8 Å². The molecule has 170 valence electrons. The summed E-state index contributed by atoms with van der Waals surface area (Å²) in [6, 6.07) is 20.3. The van der Waals surface area contributed by atoms with Gasteiger partial charge in [0.2, 0.25) is 0 Å². The minimum absolute atomic E-state index is 0.114. The van der Waals surface area contributed by atoms with Gasteiger partial charge < -0.3 is 15.1 Å². The standard InChI is InChI=1S/C27H31N5O/c33-27(32-16-12-24(13-17-32)31-14-5-2-6-15-31)22-10-7-11-23(18-22)30-26-19-25(28-20-29-26)21-8-3-1-4-9-21/h1,3-4,7-11,18-20,24H,2,5-6,12-17H2,(H,28,29,30). The Morgan fingerprint density at radius 2 is 1.64 bits per heavy atom. The van der Waals surface area contributed by atoms with Gasteiger partial charge in [-0.2, -0.15) is 0 Å². The van der Waals surface area contributed by atoms with Gasteiger partial charge in [-0.15, -0.1) is 0 Å². The van der Waals surface area contributed by atoms with Crippen LogP contribution in [0, 0.1) is 0 Å². The highest BCUT2D eigenvalue weighted by Crippen LogP contribution is 2.24. The molecule has 5 rings (SSSR count). The van der Waals surface area contributed by atoms with Gasteiger partial charge in [0, 0.05) is 42.0 Å². The summed E-state index contributed by atoms with van der Waals surface area (Å²) < 4.78 is 0. The number of aromatic nitrogens is 2. The molecule has 2 saturated heterocycles. The van der Waals surface area contributed by atoms with Gasteiger partial charge in [-0.1, -0.05) is 42.8 Å². The third-order valence-electron chi connectivity index (χ3n) is 6.78. The average molecular weight is 442 g/mol. The predicted octanol–water partition coefficient (Wildman–Crippen LogP) is 4.98. The van der Waals surface area contributed by atoms with E-state index >= 15 is 0 Å². The quantitative estimate of drug-likeness (QED) is 0.605. The number of amides is 1. The topological polar surface area (TPSA) is 61.4 Å². The maximum atomic E-state index is 13.2. The summed E-state index contributed by atoms with van der Waals surface area (Å²) in [4.78, 5) is 26.6. The number of benzene rings is 2. The number of hydrogen-bond acceptors (Lipinski definition) is 5. The van der Waals surface area contributed by atoms with Gasteiger partial charge in [0.15, 0.2) is 0 Å². The Hall–Kier alpha value is -3.25. The molecule has 0 atom stereocenters. The van der Waals surface area contributed by atoms with E-state index in [0.29, 0.717) is 17.4 Å². The number of anilines is 2. The number of likely N-dealkylation sites (tertiary alicyclic amines) is 2. The number of nitrogens with zero attached hydrogens (tertiary/aromatic N) is 4. The van der Waals surface area contributed by atoms with Crippen LogP contribution in [0.25, 0.3) is 11.3 Å². The van der Waals surface area contributed by atoms with Crippen LogP contribution in [0.15, 0.2) is 67.0 Å². The molecule has 3 aromatic rings. The van der Waals surface area contributed by atoms with Crippen LogP contribution in [0.1, 0.15) is 42.5 Å². The molecule has 0 saturated carbocycles. The van der Waals surface area contributed by atoms with Crippen molar-refractivity contribution < 1.29 is 4.79 Å². The van der Waals surface area contributed by atoms with Crippen molar-refractivity contribution in [2.75, 3.05) is 31.5 Å². The molecule has 0 unspecified atom stereocenters. The van der Waals surface area contributed by atoms with Gasteiger partial charge in [-0.05, 0) is 57.0 Å². The lowest BCUT2D eigenvalue weighted by Gasteiger charge is -2.40. The van der Waals surface area contributed by atoms with Crippen LogP contribution in [0.4, 0.5) is 11.5 Å². The molecule has 33 heavy (non-hydrogen) atoms. The molecule has 2 fully saturated rings. The predicted molar refractivity (Wildman–Crippen MR) is 132 cm³/mol. The van der Waals surface area contributed by atoms with Crippen LogP contribution < -0.4 is 5.32 Å². The molecule has 6 heteroatoms. The van der Waals surface area contributed by atoms with Crippen LogP contribution in [0.2, 0.25) is 0 Å². The SMILES string of the molecule is O=C(c1cccc(Nc2cc(-c3ccccc3)ncn2)c1)N1CCC(N2CCCCC2)CC1. The number of piperidine rings is 2. The first-order chi connectivity index (χ1) is 16.3. The van der Waals surface area contributed by atoms with E-state index in [1.165, 1.54) is 32.4 Å². The fraction of sp³-hybridized carbons (Fsp3) is 0.370. The van der Waals surface area contributed by atoms with Crippen LogP contribution in [0.5, 0.6) is 0 Å². The Morgan fingerprint density at radius 1 is 0.848 bits per heavy atom. The lowest BCUT2D eigenvalue weighted by molar-refractivity contribution is 0.0590. The van der Waals surface area contributed by atoms with E-state index in [1.807, 2.05) is 65.6 Å². The van der Waals surface area contributed by atoms with E-state index in [9.17, 15) is 4.79 Å². The molecule has 1 N–H and O–H groups in total. The van der Waals surface area contributed by atoms with Crippen molar-refractivity contribution in [2.45, 2.75) is 38.1 Å². The maximum absolute atomic E-state index is 13.2. The van der Waals surface area contributed by atoms with E-state index in [1.54, 1.807) is 6.33 Å². The molecule has 3 heterocycles. The first-order valence-electron chi connectivity index (χ1n) is 12.0. The summed E-state index contributed by atoms with van der Waals surface area (Å²) in [5.74, 6) is 0.819. The second-order valence-electron chi connectivity index (χ2n) is 8.98. The van der Waals surface area contributed by atoms with E-state index in [4.69, 9.17) is 0 Å². The summed E-state index contributed by atoms with van der Waals surface area (Å²) in [6.07, 6.45) is 7.71. The summed E-state index contributed by atoms with van der Waals surface area (Å²) in [5.41, 5.74) is 3.47. The van der Waals surface area contributed by atoms with Gasteiger partial charge in [0.25, 0.3) is 5.91 Å². The lowest BCUT2D eigenvalue weighted by atomic mass is 9.99. The largest absolute Gasteiger partial charge is 0.340 e. The fourth-order valence-corrected chi connectivity index (χ4v) is 4.97. The van der Waals surface area contributed by atoms with E-state index in [2.05, 4.69) is 20.2 Å². The van der Waals surface area contributed by atoms with Crippen LogP contribution in [0.3, 0.4) is 0 Å². The number of rotatable bonds is 5. The molecule has 0 bridgehead atoms. The van der Waals surface area contributed by atoms with E-state index < -0.39 is 0 Å². The molecule has 2 aliphatic heterocycles. The Bertz CT molecular complexity index is 1070. The van der Waals surface area contributed by atoms with Crippen molar-refractivity contribution in [1.29, 1.82) is 0 Å². The second-order valence-corrected chi connectivity index (χ2v) is 8.98. The average Bonchev–Trinajstić information content (AvgIpc) is 2.90. The molecule has 6 nitrogen and oxygen atoms in total. The molecular formula is C27H31N5O. The van der Waals surface area contributed by atoms with Gasteiger partial charge >= 0.3 is 0 Å². The molecule has 0 aliphatic carbocycles. The second kappa shape index (κ2) is 10.1. The van der Waals surface area contributed by atoms with Crippen molar-refractivity contribution >= 4 is 17.4 Å². The lowest BCUT2D eigenvalue weighted by Crippen LogP contribution is -2.48. The van der Waals surface area contributed by atoms with Gasteiger partial charge in [0.1, 0.15) is 12.1 Å². The number of carbonyl (C=O) groups excluding carboxylic acids is 1. The van der Waals surface area contributed by atoms with E-state index in [0.717, 1.165) is 42.9 Å². The highest BCUT2D eigenvalue weighted by Gasteiger charge is 2.28. The number of nitrogens with one attached hydrogen (secondary N) is 1. The van der Waals surface area contributed by atoms with Crippen molar-refractivity contribution in [3.8, 4) is 11.3 Å².